The average Bonchev–Trinajstić information content (AvgIpc) is 2.15. The quantitative estimate of drug-likeness (QED) is 0.925. The van der Waals surface area contributed by atoms with E-state index in [-0.39, 0.29) is 5.75 Å². The lowest BCUT2D eigenvalue weighted by Crippen LogP contribution is -2.32. The maximum atomic E-state index is 11.8. The zero-order valence-electron chi connectivity index (χ0n) is 9.66. The van der Waals surface area contributed by atoms with Crippen LogP contribution in [0.1, 0.15) is 29.3 Å². The van der Waals surface area contributed by atoms with Gasteiger partial charge in [-0.1, -0.05) is 22.9 Å². The Morgan fingerprint density at radius 2 is 2.06 bits per heavy atom. The molecule has 0 spiro atoms. The molecule has 0 aromatic heterocycles. The highest BCUT2D eigenvalue weighted by molar-refractivity contribution is 9.10. The van der Waals surface area contributed by atoms with Gasteiger partial charge in [-0.3, -0.25) is 4.79 Å². The minimum absolute atomic E-state index is 0.0473. The molecule has 6 heteroatoms. The summed E-state index contributed by atoms with van der Waals surface area (Å²) in [5.74, 6) is -0.627. The van der Waals surface area contributed by atoms with Crippen LogP contribution < -0.4 is 4.72 Å². The van der Waals surface area contributed by atoms with Gasteiger partial charge in [-0.25, -0.2) is 13.1 Å². The van der Waals surface area contributed by atoms with Gasteiger partial charge in [0.1, 0.15) is 0 Å². The van der Waals surface area contributed by atoms with Crippen molar-refractivity contribution in [2.24, 2.45) is 0 Å². The van der Waals surface area contributed by atoms with Gasteiger partial charge >= 0.3 is 0 Å². The summed E-state index contributed by atoms with van der Waals surface area (Å²) >= 11 is 3.28. The largest absolute Gasteiger partial charge is 0.268 e. The molecule has 0 saturated carbocycles. The number of carbonyl (C=O) groups is 1. The molecule has 0 unspecified atom stereocenters. The first-order valence-corrected chi connectivity index (χ1v) is 7.61. The van der Waals surface area contributed by atoms with Gasteiger partial charge in [0, 0.05) is 10.0 Å². The topological polar surface area (TPSA) is 63.2 Å². The van der Waals surface area contributed by atoms with Gasteiger partial charge in [-0.2, -0.15) is 0 Å². The van der Waals surface area contributed by atoms with Gasteiger partial charge < -0.3 is 0 Å². The Bertz CT molecular complexity index is 526. The molecule has 94 valence electrons. The lowest BCUT2D eigenvalue weighted by atomic mass is 10.1. The SMILES string of the molecule is CCCS(=O)(=O)NC(=O)c1ccc(Br)cc1C. The third-order valence-electron chi connectivity index (χ3n) is 2.15. The number of sulfonamides is 1. The molecule has 0 saturated heterocycles. The zero-order valence-corrected chi connectivity index (χ0v) is 12.1. The highest BCUT2D eigenvalue weighted by Crippen LogP contribution is 2.15. The third-order valence-corrected chi connectivity index (χ3v) is 4.09. The van der Waals surface area contributed by atoms with Crippen molar-refractivity contribution in [3.05, 3.63) is 33.8 Å². The fourth-order valence-electron chi connectivity index (χ4n) is 1.40. The fraction of sp³-hybridized carbons (Fsp3) is 0.364. The second-order valence-corrected chi connectivity index (χ2v) is 6.47. The first-order valence-electron chi connectivity index (χ1n) is 5.16. The standard InChI is InChI=1S/C11H14BrNO3S/c1-3-6-17(15,16)13-11(14)10-5-4-9(12)7-8(10)2/h4-5,7H,3,6H2,1-2H3,(H,13,14). The number of aryl methyl sites for hydroxylation is 1. The van der Waals surface area contributed by atoms with E-state index in [4.69, 9.17) is 0 Å². The molecule has 0 aliphatic heterocycles. The summed E-state index contributed by atoms with van der Waals surface area (Å²) in [4.78, 5) is 11.8. The van der Waals surface area contributed by atoms with E-state index in [1.165, 1.54) is 0 Å². The van der Waals surface area contributed by atoms with Crippen LogP contribution in [-0.4, -0.2) is 20.1 Å². The zero-order chi connectivity index (χ0) is 13.1. The number of rotatable bonds is 4. The summed E-state index contributed by atoms with van der Waals surface area (Å²) in [6.45, 7) is 3.50. The highest BCUT2D eigenvalue weighted by atomic mass is 79.9. The first-order chi connectivity index (χ1) is 7.85. The van der Waals surface area contributed by atoms with E-state index in [1.54, 1.807) is 32.0 Å². The second-order valence-electron chi connectivity index (χ2n) is 3.71. The number of hydrogen-bond acceptors (Lipinski definition) is 3. The van der Waals surface area contributed by atoms with Crippen molar-refractivity contribution in [3.63, 3.8) is 0 Å². The van der Waals surface area contributed by atoms with Crippen molar-refractivity contribution in [1.29, 1.82) is 0 Å². The summed E-state index contributed by atoms with van der Waals surface area (Å²) in [5.41, 5.74) is 1.09. The molecule has 4 nitrogen and oxygen atoms in total. The van der Waals surface area contributed by atoms with Crippen LogP contribution in [0.25, 0.3) is 0 Å². The van der Waals surface area contributed by atoms with Crippen LogP contribution in [-0.2, 0) is 10.0 Å². The summed E-state index contributed by atoms with van der Waals surface area (Å²) in [6, 6.07) is 5.06. The number of amides is 1. The molecule has 0 heterocycles. The van der Waals surface area contributed by atoms with Crippen molar-refractivity contribution in [3.8, 4) is 0 Å². The van der Waals surface area contributed by atoms with Gasteiger partial charge in [0.05, 0.1) is 5.75 Å². The van der Waals surface area contributed by atoms with Crippen LogP contribution in [0, 0.1) is 6.92 Å². The van der Waals surface area contributed by atoms with Crippen LogP contribution in [0.15, 0.2) is 22.7 Å². The number of halogens is 1. The van der Waals surface area contributed by atoms with E-state index in [2.05, 4.69) is 20.7 Å². The van der Waals surface area contributed by atoms with Crippen molar-refractivity contribution in [2.45, 2.75) is 20.3 Å². The predicted octanol–water partition coefficient (Wildman–Crippen LogP) is 2.23. The minimum atomic E-state index is -3.52. The van der Waals surface area contributed by atoms with Crippen LogP contribution in [0.4, 0.5) is 0 Å². The van der Waals surface area contributed by atoms with Crippen LogP contribution in [0.2, 0.25) is 0 Å². The Morgan fingerprint density at radius 1 is 1.41 bits per heavy atom. The van der Waals surface area contributed by atoms with Crippen molar-refractivity contribution >= 4 is 31.9 Å². The molecule has 0 atom stereocenters. The summed E-state index contributed by atoms with van der Waals surface area (Å²) in [6.07, 6.45) is 0.474. The molecule has 0 bridgehead atoms. The lowest BCUT2D eigenvalue weighted by Gasteiger charge is -2.08. The molecule has 0 fully saturated rings. The molecule has 1 N–H and O–H groups in total. The maximum Gasteiger partial charge on any atom is 0.264 e. The molecule has 1 rings (SSSR count). The molecule has 17 heavy (non-hydrogen) atoms. The smallest absolute Gasteiger partial charge is 0.264 e. The molecular weight excluding hydrogens is 306 g/mol. The number of benzene rings is 1. The van der Waals surface area contributed by atoms with Crippen molar-refractivity contribution in [2.75, 3.05) is 5.75 Å². The first kappa shape index (κ1) is 14.2. The van der Waals surface area contributed by atoms with Crippen molar-refractivity contribution < 1.29 is 13.2 Å². The third kappa shape index (κ3) is 4.12. The number of hydrogen-bond donors (Lipinski definition) is 1. The fourth-order valence-corrected chi connectivity index (χ4v) is 2.91. The Balaban J connectivity index is 2.91. The van der Waals surface area contributed by atoms with Crippen LogP contribution in [0.5, 0.6) is 0 Å². The molecule has 0 radical (unpaired) electrons. The average molecular weight is 320 g/mol. The number of nitrogens with one attached hydrogen (secondary N) is 1. The number of carbonyl (C=O) groups excluding carboxylic acids is 1. The van der Waals surface area contributed by atoms with E-state index in [1.807, 2.05) is 0 Å². The van der Waals surface area contributed by atoms with Gasteiger partial charge in [-0.05, 0) is 37.1 Å². The molecule has 0 aliphatic carbocycles. The molecular formula is C11H14BrNO3S. The Kier molecular flexibility index (Phi) is 4.70. The molecule has 0 aliphatic rings. The normalized spacial score (nSPS) is 11.2. The molecule has 1 aromatic rings. The van der Waals surface area contributed by atoms with E-state index < -0.39 is 15.9 Å². The summed E-state index contributed by atoms with van der Waals surface area (Å²) in [5, 5.41) is 0. The monoisotopic (exact) mass is 319 g/mol. The predicted molar refractivity (Wildman–Crippen MR) is 70.4 cm³/mol. The highest BCUT2D eigenvalue weighted by Gasteiger charge is 2.16. The van der Waals surface area contributed by atoms with Gasteiger partial charge in [0.25, 0.3) is 5.91 Å². The minimum Gasteiger partial charge on any atom is -0.268 e. The van der Waals surface area contributed by atoms with E-state index in [0.717, 1.165) is 10.0 Å². The van der Waals surface area contributed by atoms with Gasteiger partial charge in [0.2, 0.25) is 10.0 Å². The van der Waals surface area contributed by atoms with Crippen LogP contribution >= 0.6 is 15.9 Å². The van der Waals surface area contributed by atoms with E-state index in [9.17, 15) is 13.2 Å². The Hall–Kier alpha value is -0.880. The molecule has 1 aromatic carbocycles. The van der Waals surface area contributed by atoms with E-state index >= 15 is 0 Å². The second kappa shape index (κ2) is 5.64. The Labute approximate surface area is 110 Å². The molecule has 1 amide bonds. The Morgan fingerprint density at radius 3 is 2.59 bits per heavy atom. The summed E-state index contributed by atoms with van der Waals surface area (Å²) < 4.78 is 25.8. The van der Waals surface area contributed by atoms with Crippen LogP contribution in [0.3, 0.4) is 0 Å². The van der Waals surface area contributed by atoms with Gasteiger partial charge in [-0.15, -0.1) is 0 Å². The van der Waals surface area contributed by atoms with E-state index in [0.29, 0.717) is 12.0 Å². The summed E-state index contributed by atoms with van der Waals surface area (Å²) in [7, 11) is -3.52. The van der Waals surface area contributed by atoms with Crippen molar-refractivity contribution in [1.82, 2.24) is 4.72 Å². The van der Waals surface area contributed by atoms with Gasteiger partial charge in [0.15, 0.2) is 0 Å². The maximum absolute atomic E-state index is 11.8. The lowest BCUT2D eigenvalue weighted by molar-refractivity contribution is 0.0981.